The lowest BCUT2D eigenvalue weighted by Crippen LogP contribution is -2.15. The molecule has 0 saturated carbocycles. The number of hydrogen-bond donors (Lipinski definition) is 2. The molecule has 1 aromatic carbocycles. The number of methoxy groups -OCH3 is 1. The van der Waals surface area contributed by atoms with Crippen LogP contribution in [0.15, 0.2) is 18.2 Å². The average Bonchev–Trinajstić information content (AvgIpc) is 2.79. The van der Waals surface area contributed by atoms with Gasteiger partial charge in [0, 0.05) is 5.75 Å². The average molecular weight is 340 g/mol. The van der Waals surface area contributed by atoms with Gasteiger partial charge in [-0.3, -0.25) is 9.89 Å². The van der Waals surface area contributed by atoms with Gasteiger partial charge in [-0.2, -0.15) is 5.10 Å². The molecule has 0 unspecified atom stereocenters. The minimum absolute atomic E-state index is 0.0443. The van der Waals surface area contributed by atoms with E-state index in [-0.39, 0.29) is 5.91 Å². The van der Waals surface area contributed by atoms with Crippen molar-refractivity contribution in [2.45, 2.75) is 19.6 Å². The van der Waals surface area contributed by atoms with E-state index in [2.05, 4.69) is 15.5 Å². The van der Waals surface area contributed by atoms with E-state index >= 15 is 0 Å². The number of thioether (sulfide) groups is 1. The van der Waals surface area contributed by atoms with Crippen molar-refractivity contribution in [3.63, 3.8) is 0 Å². The van der Waals surface area contributed by atoms with Crippen LogP contribution in [0.3, 0.4) is 0 Å². The smallest absolute Gasteiger partial charge is 0.234 e. The van der Waals surface area contributed by atoms with Gasteiger partial charge in [0.25, 0.3) is 0 Å². The quantitative estimate of drug-likeness (QED) is 0.844. The Morgan fingerprint density at radius 1 is 1.45 bits per heavy atom. The number of H-pyrrole nitrogens is 1. The maximum Gasteiger partial charge on any atom is 0.234 e. The molecule has 7 heteroatoms. The van der Waals surface area contributed by atoms with Crippen LogP contribution in [0.25, 0.3) is 0 Å². The number of nitrogens with zero attached hydrogens (tertiary/aromatic N) is 1. The summed E-state index contributed by atoms with van der Waals surface area (Å²) in [6.07, 6.45) is 0. The van der Waals surface area contributed by atoms with Crippen LogP contribution < -0.4 is 10.1 Å². The van der Waals surface area contributed by atoms with Crippen molar-refractivity contribution < 1.29 is 9.53 Å². The number of anilines is 1. The number of ether oxygens (including phenoxy) is 1. The molecule has 0 radical (unpaired) electrons. The molecule has 5 nitrogen and oxygen atoms in total. The van der Waals surface area contributed by atoms with Crippen molar-refractivity contribution in [3.05, 3.63) is 40.2 Å². The number of aromatic amines is 1. The fourth-order valence-corrected chi connectivity index (χ4v) is 3.03. The standard InChI is InChI=1S/C15H18ClN3O2S/c1-9-15(10(2)19-18-9)17-14(20)8-22-7-11-4-5-13(21-3)12(16)6-11/h4-6H,7-8H2,1-3H3,(H,17,20)(H,18,19). The van der Waals surface area contributed by atoms with Gasteiger partial charge in [0.15, 0.2) is 0 Å². The van der Waals surface area contributed by atoms with Gasteiger partial charge >= 0.3 is 0 Å². The van der Waals surface area contributed by atoms with Crippen LogP contribution >= 0.6 is 23.4 Å². The van der Waals surface area contributed by atoms with Crippen LogP contribution in [0.2, 0.25) is 5.02 Å². The summed E-state index contributed by atoms with van der Waals surface area (Å²) in [6.45, 7) is 3.73. The molecule has 0 spiro atoms. The Bertz CT molecular complexity index is 653. The maximum atomic E-state index is 12.0. The lowest BCUT2D eigenvalue weighted by atomic mass is 10.2. The molecule has 1 heterocycles. The third-order valence-corrected chi connectivity index (χ3v) is 4.41. The van der Waals surface area contributed by atoms with Crippen molar-refractivity contribution in [1.29, 1.82) is 0 Å². The van der Waals surface area contributed by atoms with Gasteiger partial charge in [-0.15, -0.1) is 11.8 Å². The van der Waals surface area contributed by atoms with E-state index in [4.69, 9.17) is 16.3 Å². The molecule has 1 amide bonds. The summed E-state index contributed by atoms with van der Waals surface area (Å²) in [5.74, 6) is 1.69. The highest BCUT2D eigenvalue weighted by atomic mass is 35.5. The monoisotopic (exact) mass is 339 g/mol. The summed E-state index contributed by atoms with van der Waals surface area (Å²) < 4.78 is 5.11. The van der Waals surface area contributed by atoms with Crippen LogP contribution in [-0.4, -0.2) is 29.0 Å². The maximum absolute atomic E-state index is 12.0. The highest BCUT2D eigenvalue weighted by Gasteiger charge is 2.10. The molecule has 0 fully saturated rings. The van der Waals surface area contributed by atoms with Crippen molar-refractivity contribution in [1.82, 2.24) is 10.2 Å². The Labute approximate surface area is 138 Å². The predicted octanol–water partition coefficient (Wildman–Crippen LogP) is 3.56. The number of carbonyl (C=O) groups excluding carboxylic acids is 1. The van der Waals surface area contributed by atoms with Gasteiger partial charge in [-0.25, -0.2) is 0 Å². The van der Waals surface area contributed by atoms with Gasteiger partial charge in [0.2, 0.25) is 5.91 Å². The van der Waals surface area contributed by atoms with Gasteiger partial charge < -0.3 is 10.1 Å². The largest absolute Gasteiger partial charge is 0.495 e. The Morgan fingerprint density at radius 2 is 2.23 bits per heavy atom. The first-order valence-electron chi connectivity index (χ1n) is 6.73. The highest BCUT2D eigenvalue weighted by molar-refractivity contribution is 7.99. The second-order valence-corrected chi connectivity index (χ2v) is 6.21. The number of amides is 1. The number of nitrogens with one attached hydrogen (secondary N) is 2. The number of aromatic nitrogens is 2. The Balaban J connectivity index is 1.83. The lowest BCUT2D eigenvalue weighted by molar-refractivity contribution is -0.113. The van der Waals surface area contributed by atoms with E-state index in [0.29, 0.717) is 22.3 Å². The SMILES string of the molecule is COc1ccc(CSCC(=O)Nc2c(C)n[nH]c2C)cc1Cl. The number of carbonyl (C=O) groups is 1. The number of aryl methyl sites for hydroxylation is 2. The van der Waals surface area contributed by atoms with Crippen LogP contribution in [0.1, 0.15) is 17.0 Å². The number of hydrogen-bond acceptors (Lipinski definition) is 4. The molecule has 0 bridgehead atoms. The number of rotatable bonds is 6. The highest BCUT2D eigenvalue weighted by Crippen LogP contribution is 2.26. The third-order valence-electron chi connectivity index (χ3n) is 3.11. The van der Waals surface area contributed by atoms with Crippen LogP contribution in [0.5, 0.6) is 5.75 Å². The molecule has 22 heavy (non-hydrogen) atoms. The molecule has 1 aromatic heterocycles. The van der Waals surface area contributed by atoms with E-state index < -0.39 is 0 Å². The van der Waals surface area contributed by atoms with E-state index in [1.807, 2.05) is 32.0 Å². The first-order chi connectivity index (χ1) is 10.5. The molecule has 2 aromatic rings. The summed E-state index contributed by atoms with van der Waals surface area (Å²) in [5, 5.41) is 10.3. The molecule has 2 N–H and O–H groups in total. The van der Waals surface area contributed by atoms with E-state index in [9.17, 15) is 4.79 Å². The summed E-state index contributed by atoms with van der Waals surface area (Å²) in [4.78, 5) is 12.0. The summed E-state index contributed by atoms with van der Waals surface area (Å²) >= 11 is 7.60. The number of halogens is 1. The third kappa shape index (κ3) is 4.18. The number of benzene rings is 1. The molecule has 2 rings (SSSR count). The second-order valence-electron chi connectivity index (χ2n) is 4.82. The fourth-order valence-electron chi connectivity index (χ4n) is 1.97. The second kappa shape index (κ2) is 7.56. The molecule has 118 valence electrons. The molecule has 0 saturated heterocycles. The van der Waals surface area contributed by atoms with Crippen molar-refractivity contribution >= 4 is 35.0 Å². The molecule has 0 aliphatic carbocycles. The topological polar surface area (TPSA) is 67.0 Å². The Morgan fingerprint density at radius 3 is 2.82 bits per heavy atom. The van der Waals surface area contributed by atoms with Crippen molar-refractivity contribution in [2.75, 3.05) is 18.2 Å². The molecular weight excluding hydrogens is 322 g/mol. The molecule has 0 aliphatic heterocycles. The van der Waals surface area contributed by atoms with E-state index in [0.717, 1.165) is 22.6 Å². The van der Waals surface area contributed by atoms with Gasteiger partial charge in [-0.05, 0) is 31.5 Å². The van der Waals surface area contributed by atoms with Crippen molar-refractivity contribution in [2.24, 2.45) is 0 Å². The first-order valence-corrected chi connectivity index (χ1v) is 8.26. The van der Waals surface area contributed by atoms with Crippen LogP contribution in [-0.2, 0) is 10.5 Å². The van der Waals surface area contributed by atoms with E-state index in [1.165, 1.54) is 11.8 Å². The van der Waals surface area contributed by atoms with Gasteiger partial charge in [0.05, 0.1) is 35.0 Å². The minimum atomic E-state index is -0.0443. The zero-order chi connectivity index (χ0) is 16.1. The molecule has 0 aliphatic rings. The van der Waals surface area contributed by atoms with E-state index in [1.54, 1.807) is 7.11 Å². The summed E-state index contributed by atoms with van der Waals surface area (Å²) in [5.41, 5.74) is 3.47. The lowest BCUT2D eigenvalue weighted by Gasteiger charge is -2.07. The predicted molar refractivity (Wildman–Crippen MR) is 90.9 cm³/mol. The van der Waals surface area contributed by atoms with Crippen LogP contribution in [0, 0.1) is 13.8 Å². The first kappa shape index (κ1) is 16.7. The van der Waals surface area contributed by atoms with Crippen molar-refractivity contribution in [3.8, 4) is 5.75 Å². The fraction of sp³-hybridized carbons (Fsp3) is 0.333. The molecular formula is C15H18ClN3O2S. The summed E-state index contributed by atoms with van der Waals surface area (Å²) in [6, 6.07) is 5.63. The van der Waals surface area contributed by atoms with Gasteiger partial charge in [-0.1, -0.05) is 17.7 Å². The Hall–Kier alpha value is -1.66. The van der Waals surface area contributed by atoms with Gasteiger partial charge in [0.1, 0.15) is 5.75 Å². The zero-order valence-corrected chi connectivity index (χ0v) is 14.3. The summed E-state index contributed by atoms with van der Waals surface area (Å²) in [7, 11) is 1.58. The van der Waals surface area contributed by atoms with Crippen LogP contribution in [0.4, 0.5) is 5.69 Å². The zero-order valence-electron chi connectivity index (χ0n) is 12.7. The molecule has 0 atom stereocenters. The minimum Gasteiger partial charge on any atom is -0.495 e. The normalized spacial score (nSPS) is 10.5. The Kier molecular flexibility index (Phi) is 5.74.